The Morgan fingerprint density at radius 3 is 2.83 bits per heavy atom. The van der Waals surface area contributed by atoms with E-state index in [1.165, 1.54) is 25.8 Å². The predicted molar refractivity (Wildman–Crippen MR) is 70.3 cm³/mol. The molecule has 0 spiro atoms. The highest BCUT2D eigenvalue weighted by Crippen LogP contribution is 2.23. The highest BCUT2D eigenvalue weighted by molar-refractivity contribution is 5.01. The lowest BCUT2D eigenvalue weighted by Gasteiger charge is -2.38. The lowest BCUT2D eigenvalue weighted by Crippen LogP contribution is -2.45. The Morgan fingerprint density at radius 2 is 2.22 bits per heavy atom. The van der Waals surface area contributed by atoms with E-state index in [2.05, 4.69) is 23.7 Å². The van der Waals surface area contributed by atoms with Crippen LogP contribution in [0.4, 0.5) is 0 Å². The van der Waals surface area contributed by atoms with Gasteiger partial charge in [-0.25, -0.2) is 4.98 Å². The van der Waals surface area contributed by atoms with Gasteiger partial charge in [-0.1, -0.05) is 6.42 Å². The molecule has 1 aromatic rings. The first-order valence-electron chi connectivity index (χ1n) is 6.96. The molecule has 18 heavy (non-hydrogen) atoms. The van der Waals surface area contributed by atoms with Crippen LogP contribution in [0.15, 0.2) is 10.7 Å². The van der Waals surface area contributed by atoms with E-state index in [-0.39, 0.29) is 0 Å². The van der Waals surface area contributed by atoms with Gasteiger partial charge in [0.2, 0.25) is 0 Å². The summed E-state index contributed by atoms with van der Waals surface area (Å²) in [5, 5.41) is 9.45. The van der Waals surface area contributed by atoms with Crippen LogP contribution in [0.5, 0.6) is 0 Å². The smallest absolute Gasteiger partial charge is 0.195 e. The molecule has 1 fully saturated rings. The largest absolute Gasteiger partial charge is 0.449 e. The molecule has 2 atom stereocenters. The van der Waals surface area contributed by atoms with Crippen molar-refractivity contribution in [3.63, 3.8) is 0 Å². The lowest BCUT2D eigenvalue weighted by molar-refractivity contribution is 0.107. The van der Waals surface area contributed by atoms with Gasteiger partial charge in [-0.3, -0.25) is 4.90 Å². The summed E-state index contributed by atoms with van der Waals surface area (Å²) < 4.78 is 5.46. The summed E-state index contributed by atoms with van der Waals surface area (Å²) in [4.78, 5) is 6.89. The highest BCUT2D eigenvalue weighted by atomic mass is 16.3. The van der Waals surface area contributed by atoms with Gasteiger partial charge in [0.05, 0.1) is 6.10 Å². The molecule has 1 aromatic heterocycles. The van der Waals surface area contributed by atoms with E-state index in [0.717, 1.165) is 12.3 Å². The van der Waals surface area contributed by atoms with E-state index in [4.69, 9.17) is 4.42 Å². The fourth-order valence-corrected chi connectivity index (χ4v) is 2.73. The van der Waals surface area contributed by atoms with E-state index in [1.807, 2.05) is 0 Å². The zero-order chi connectivity index (χ0) is 13.1. The highest BCUT2D eigenvalue weighted by Gasteiger charge is 2.26. The van der Waals surface area contributed by atoms with Gasteiger partial charge in [0.15, 0.2) is 5.89 Å². The van der Waals surface area contributed by atoms with Crippen LogP contribution in [0, 0.1) is 0 Å². The third kappa shape index (κ3) is 3.12. The van der Waals surface area contributed by atoms with Crippen molar-refractivity contribution >= 4 is 0 Å². The van der Waals surface area contributed by atoms with Gasteiger partial charge in [0, 0.05) is 18.5 Å². The normalized spacial score (nSPS) is 23.5. The molecule has 2 heterocycles. The van der Waals surface area contributed by atoms with Crippen molar-refractivity contribution in [1.82, 2.24) is 9.88 Å². The van der Waals surface area contributed by atoms with Crippen LogP contribution in [0.25, 0.3) is 0 Å². The summed E-state index contributed by atoms with van der Waals surface area (Å²) in [7, 11) is 0. The van der Waals surface area contributed by atoms with E-state index >= 15 is 0 Å². The molecule has 1 aliphatic heterocycles. The molecule has 1 N–H and O–H groups in total. The Kier molecular flexibility index (Phi) is 4.40. The Hall–Kier alpha value is -0.870. The van der Waals surface area contributed by atoms with Crippen LogP contribution in [0.1, 0.15) is 57.7 Å². The molecule has 2 unspecified atom stereocenters. The van der Waals surface area contributed by atoms with E-state index in [1.54, 1.807) is 13.2 Å². The molecule has 0 radical (unpaired) electrons. The number of nitrogens with zero attached hydrogens (tertiary/aromatic N) is 2. The maximum atomic E-state index is 9.45. The lowest BCUT2D eigenvalue weighted by atomic mass is 9.98. The third-order valence-corrected chi connectivity index (χ3v) is 3.74. The van der Waals surface area contributed by atoms with Gasteiger partial charge in [0.25, 0.3) is 0 Å². The molecule has 0 amide bonds. The second-order valence-corrected chi connectivity index (χ2v) is 5.53. The quantitative estimate of drug-likeness (QED) is 0.894. The number of rotatable bonds is 4. The number of aliphatic hydroxyl groups excluding tert-OH is 1. The Balaban J connectivity index is 2.01. The van der Waals surface area contributed by atoms with Crippen LogP contribution < -0.4 is 0 Å². The average Bonchev–Trinajstić information content (AvgIpc) is 2.78. The average molecular weight is 252 g/mol. The summed E-state index contributed by atoms with van der Waals surface area (Å²) in [5.41, 5.74) is 0.636. The summed E-state index contributed by atoms with van der Waals surface area (Å²) in [5.74, 6) is 0.753. The predicted octanol–water partition coefficient (Wildman–Crippen LogP) is 2.53. The zero-order valence-corrected chi connectivity index (χ0v) is 11.6. The molecule has 0 aliphatic carbocycles. The first kappa shape index (κ1) is 13.6. The van der Waals surface area contributed by atoms with Gasteiger partial charge >= 0.3 is 0 Å². The van der Waals surface area contributed by atoms with Gasteiger partial charge in [-0.05, 0) is 40.2 Å². The van der Waals surface area contributed by atoms with E-state index in [0.29, 0.717) is 17.8 Å². The van der Waals surface area contributed by atoms with Crippen LogP contribution in [-0.2, 0) is 6.42 Å². The van der Waals surface area contributed by atoms with Gasteiger partial charge in [0.1, 0.15) is 12.0 Å². The maximum Gasteiger partial charge on any atom is 0.195 e. The molecule has 1 aliphatic rings. The third-order valence-electron chi connectivity index (χ3n) is 3.74. The number of aromatic nitrogens is 1. The number of oxazole rings is 1. The monoisotopic (exact) mass is 252 g/mol. The number of likely N-dealkylation sites (tertiary alicyclic amines) is 1. The number of piperidine rings is 1. The second kappa shape index (κ2) is 5.85. The Bertz CT molecular complexity index is 374. The van der Waals surface area contributed by atoms with E-state index in [9.17, 15) is 5.11 Å². The number of hydrogen-bond acceptors (Lipinski definition) is 4. The van der Waals surface area contributed by atoms with Gasteiger partial charge in [-0.2, -0.15) is 0 Å². The number of hydrogen-bond donors (Lipinski definition) is 1. The first-order valence-corrected chi connectivity index (χ1v) is 6.96. The Morgan fingerprint density at radius 1 is 1.44 bits per heavy atom. The minimum absolute atomic E-state index is 0.527. The standard InChI is InChI=1S/C14H24N2O2/c1-10(2)16-7-5-4-6-12(16)8-14-15-13(9-18-14)11(3)17/h9-12,17H,4-8H2,1-3H3. The van der Waals surface area contributed by atoms with Gasteiger partial charge < -0.3 is 9.52 Å². The minimum atomic E-state index is -0.546. The second-order valence-electron chi connectivity index (χ2n) is 5.53. The molecular formula is C14H24N2O2. The molecule has 0 aromatic carbocycles. The summed E-state index contributed by atoms with van der Waals surface area (Å²) in [6.45, 7) is 7.37. The van der Waals surface area contributed by atoms with Crippen LogP contribution in [0.2, 0.25) is 0 Å². The molecule has 4 heteroatoms. The van der Waals surface area contributed by atoms with Crippen LogP contribution >= 0.6 is 0 Å². The van der Waals surface area contributed by atoms with Crippen molar-refractivity contribution in [1.29, 1.82) is 0 Å². The van der Waals surface area contributed by atoms with Crippen LogP contribution in [0.3, 0.4) is 0 Å². The van der Waals surface area contributed by atoms with Crippen molar-refractivity contribution in [3.8, 4) is 0 Å². The topological polar surface area (TPSA) is 49.5 Å². The van der Waals surface area contributed by atoms with Crippen molar-refractivity contribution in [2.45, 2.75) is 64.6 Å². The fraction of sp³-hybridized carbons (Fsp3) is 0.786. The van der Waals surface area contributed by atoms with Crippen molar-refractivity contribution < 1.29 is 9.52 Å². The molecular weight excluding hydrogens is 228 g/mol. The first-order chi connectivity index (χ1) is 8.58. The molecule has 1 saturated heterocycles. The molecule has 0 bridgehead atoms. The van der Waals surface area contributed by atoms with Gasteiger partial charge in [-0.15, -0.1) is 0 Å². The van der Waals surface area contributed by atoms with E-state index < -0.39 is 6.10 Å². The summed E-state index contributed by atoms with van der Waals surface area (Å²) >= 11 is 0. The van der Waals surface area contributed by atoms with Crippen molar-refractivity contribution in [2.24, 2.45) is 0 Å². The number of aliphatic hydroxyl groups is 1. The SMILES string of the molecule is CC(O)c1coc(CC2CCCCN2C(C)C)n1. The van der Waals surface area contributed by atoms with Crippen molar-refractivity contribution in [3.05, 3.63) is 17.8 Å². The molecule has 4 nitrogen and oxygen atoms in total. The summed E-state index contributed by atoms with van der Waals surface area (Å²) in [6, 6.07) is 1.10. The molecule has 0 saturated carbocycles. The maximum absolute atomic E-state index is 9.45. The Labute approximate surface area is 109 Å². The van der Waals surface area contributed by atoms with Crippen molar-refractivity contribution in [2.75, 3.05) is 6.54 Å². The fourth-order valence-electron chi connectivity index (χ4n) is 2.73. The molecule has 102 valence electrons. The zero-order valence-electron chi connectivity index (χ0n) is 11.6. The molecule has 2 rings (SSSR count). The van der Waals surface area contributed by atoms with Crippen LogP contribution in [-0.4, -0.2) is 33.6 Å². The summed E-state index contributed by atoms with van der Waals surface area (Å²) in [6.07, 6.45) is 5.67. The minimum Gasteiger partial charge on any atom is -0.449 e.